The summed E-state index contributed by atoms with van der Waals surface area (Å²) in [5.41, 5.74) is 4.09. The summed E-state index contributed by atoms with van der Waals surface area (Å²) < 4.78 is 2.04. The highest BCUT2D eigenvalue weighted by Gasteiger charge is 2.24. The van der Waals surface area contributed by atoms with E-state index in [9.17, 15) is 4.79 Å². The maximum absolute atomic E-state index is 11.1. The Labute approximate surface area is 140 Å². The molecule has 1 aliphatic heterocycles. The van der Waals surface area contributed by atoms with E-state index >= 15 is 0 Å². The van der Waals surface area contributed by atoms with Crippen LogP contribution in [-0.4, -0.2) is 33.6 Å². The Morgan fingerprint density at radius 1 is 1.04 bits per heavy atom. The number of carbonyl (C=O) groups is 1. The number of carboxylic acids is 1. The molecule has 0 aliphatic carbocycles. The number of carboxylic acid groups (broad SMARTS) is 1. The highest BCUT2D eigenvalue weighted by molar-refractivity contribution is 5.70. The molecule has 0 unspecified atom stereocenters. The first-order valence-corrected chi connectivity index (χ1v) is 8.22. The van der Waals surface area contributed by atoms with Gasteiger partial charge < -0.3 is 14.4 Å². The number of nitrogens with zero attached hydrogens (tertiary/aromatic N) is 3. The first-order chi connectivity index (χ1) is 11.7. The molecule has 1 fully saturated rings. The molecule has 0 atom stereocenters. The number of hydrogen-bond acceptors (Lipinski definition) is 3. The van der Waals surface area contributed by atoms with Gasteiger partial charge in [-0.05, 0) is 25.0 Å². The third-order valence-electron chi connectivity index (χ3n) is 4.71. The van der Waals surface area contributed by atoms with Crippen LogP contribution in [-0.2, 0) is 4.79 Å². The zero-order chi connectivity index (χ0) is 16.5. The minimum Gasteiger partial charge on any atom is -0.481 e. The molecule has 5 heteroatoms. The first-order valence-electron chi connectivity index (χ1n) is 8.22. The van der Waals surface area contributed by atoms with Crippen LogP contribution in [0.1, 0.15) is 12.8 Å². The Hall–Kier alpha value is -2.82. The van der Waals surface area contributed by atoms with E-state index < -0.39 is 5.97 Å². The van der Waals surface area contributed by atoms with Crippen LogP contribution >= 0.6 is 0 Å². The summed E-state index contributed by atoms with van der Waals surface area (Å²) in [6.07, 6.45) is 5.52. The van der Waals surface area contributed by atoms with Crippen molar-refractivity contribution >= 4 is 17.3 Å². The number of imidazole rings is 1. The lowest BCUT2D eigenvalue weighted by Gasteiger charge is -2.31. The molecular weight excluding hydrogens is 302 g/mol. The SMILES string of the molecule is O=C(O)C1CCN(c2ccc3nc(-c4ccccc4)cn3c2)CC1. The first kappa shape index (κ1) is 14.8. The molecule has 122 valence electrons. The second-order valence-corrected chi connectivity index (χ2v) is 6.24. The highest BCUT2D eigenvalue weighted by Crippen LogP contribution is 2.25. The van der Waals surface area contributed by atoms with E-state index in [-0.39, 0.29) is 5.92 Å². The topological polar surface area (TPSA) is 57.8 Å². The predicted octanol–water partition coefficient (Wildman–Crippen LogP) is 3.30. The Kier molecular flexibility index (Phi) is 3.69. The van der Waals surface area contributed by atoms with Gasteiger partial charge in [-0.25, -0.2) is 4.98 Å². The number of fused-ring (bicyclic) bond motifs is 1. The molecule has 1 aliphatic rings. The summed E-state index contributed by atoms with van der Waals surface area (Å²) in [7, 11) is 0. The summed E-state index contributed by atoms with van der Waals surface area (Å²) in [5, 5.41) is 9.12. The molecule has 3 heterocycles. The fourth-order valence-electron chi connectivity index (χ4n) is 3.30. The van der Waals surface area contributed by atoms with Gasteiger partial charge in [0, 0.05) is 31.0 Å². The highest BCUT2D eigenvalue weighted by atomic mass is 16.4. The molecule has 4 rings (SSSR count). The van der Waals surface area contributed by atoms with E-state index in [4.69, 9.17) is 5.11 Å². The lowest BCUT2D eigenvalue weighted by Crippen LogP contribution is -2.36. The molecule has 5 nitrogen and oxygen atoms in total. The van der Waals surface area contributed by atoms with Crippen LogP contribution in [0.4, 0.5) is 5.69 Å². The molecule has 0 bridgehead atoms. The fourth-order valence-corrected chi connectivity index (χ4v) is 3.30. The van der Waals surface area contributed by atoms with E-state index in [0.717, 1.165) is 35.7 Å². The fraction of sp³-hybridized carbons (Fsp3) is 0.263. The van der Waals surface area contributed by atoms with Crippen molar-refractivity contribution in [1.82, 2.24) is 9.38 Å². The van der Waals surface area contributed by atoms with Crippen LogP contribution in [0.5, 0.6) is 0 Å². The van der Waals surface area contributed by atoms with Crippen molar-refractivity contribution in [3.05, 3.63) is 54.9 Å². The average Bonchev–Trinajstić information content (AvgIpc) is 3.06. The van der Waals surface area contributed by atoms with Crippen molar-refractivity contribution in [2.75, 3.05) is 18.0 Å². The normalized spacial score (nSPS) is 15.8. The van der Waals surface area contributed by atoms with Crippen LogP contribution in [0, 0.1) is 5.92 Å². The van der Waals surface area contributed by atoms with Gasteiger partial charge in [0.25, 0.3) is 0 Å². The largest absolute Gasteiger partial charge is 0.481 e. The van der Waals surface area contributed by atoms with Crippen LogP contribution in [0.2, 0.25) is 0 Å². The van der Waals surface area contributed by atoms with Crippen LogP contribution < -0.4 is 4.90 Å². The number of aliphatic carboxylic acids is 1. The van der Waals surface area contributed by atoms with Crippen molar-refractivity contribution in [2.45, 2.75) is 12.8 Å². The van der Waals surface area contributed by atoms with Crippen molar-refractivity contribution < 1.29 is 9.90 Å². The quantitative estimate of drug-likeness (QED) is 0.804. The van der Waals surface area contributed by atoms with Gasteiger partial charge in [-0.3, -0.25) is 4.79 Å². The Morgan fingerprint density at radius 3 is 2.50 bits per heavy atom. The van der Waals surface area contributed by atoms with Gasteiger partial charge in [-0.15, -0.1) is 0 Å². The van der Waals surface area contributed by atoms with Crippen molar-refractivity contribution in [3.63, 3.8) is 0 Å². The zero-order valence-electron chi connectivity index (χ0n) is 13.3. The van der Waals surface area contributed by atoms with Gasteiger partial charge >= 0.3 is 5.97 Å². The molecular formula is C19H19N3O2. The van der Waals surface area contributed by atoms with Crippen LogP contribution in [0.3, 0.4) is 0 Å². The van der Waals surface area contributed by atoms with E-state index in [1.54, 1.807) is 0 Å². The average molecular weight is 321 g/mol. The van der Waals surface area contributed by atoms with Crippen LogP contribution in [0.15, 0.2) is 54.9 Å². The second-order valence-electron chi connectivity index (χ2n) is 6.24. The molecule has 0 saturated carbocycles. The summed E-state index contributed by atoms with van der Waals surface area (Å²) >= 11 is 0. The molecule has 3 aromatic rings. The van der Waals surface area contributed by atoms with Crippen LogP contribution in [0.25, 0.3) is 16.9 Å². The lowest BCUT2D eigenvalue weighted by atomic mass is 9.97. The number of rotatable bonds is 3. The van der Waals surface area contributed by atoms with Crippen molar-refractivity contribution in [3.8, 4) is 11.3 Å². The Balaban J connectivity index is 1.59. The molecule has 2 aromatic heterocycles. The summed E-state index contributed by atoms with van der Waals surface area (Å²) in [4.78, 5) is 18.0. The number of anilines is 1. The molecule has 1 N–H and O–H groups in total. The smallest absolute Gasteiger partial charge is 0.306 e. The van der Waals surface area contributed by atoms with Gasteiger partial charge in [-0.2, -0.15) is 0 Å². The number of piperidine rings is 1. The van der Waals surface area contributed by atoms with E-state index in [1.807, 2.05) is 34.9 Å². The van der Waals surface area contributed by atoms with Gasteiger partial charge in [0.15, 0.2) is 0 Å². The van der Waals surface area contributed by atoms with Gasteiger partial charge in [0.1, 0.15) is 5.65 Å². The summed E-state index contributed by atoms with van der Waals surface area (Å²) in [6.45, 7) is 1.56. The van der Waals surface area contributed by atoms with E-state index in [2.05, 4.69) is 34.3 Å². The van der Waals surface area contributed by atoms with Crippen molar-refractivity contribution in [1.29, 1.82) is 0 Å². The number of pyridine rings is 1. The maximum atomic E-state index is 11.1. The van der Waals surface area contributed by atoms with Gasteiger partial charge in [0.05, 0.1) is 17.3 Å². The van der Waals surface area contributed by atoms with Gasteiger partial charge in [0.2, 0.25) is 0 Å². The Morgan fingerprint density at radius 2 is 1.79 bits per heavy atom. The number of hydrogen-bond donors (Lipinski definition) is 1. The minimum atomic E-state index is -0.674. The van der Waals surface area contributed by atoms with E-state index in [1.165, 1.54) is 0 Å². The number of aromatic nitrogens is 2. The van der Waals surface area contributed by atoms with Gasteiger partial charge in [-0.1, -0.05) is 30.3 Å². The lowest BCUT2D eigenvalue weighted by molar-refractivity contribution is -0.142. The minimum absolute atomic E-state index is 0.206. The summed E-state index contributed by atoms with van der Waals surface area (Å²) in [5.74, 6) is -0.880. The molecule has 24 heavy (non-hydrogen) atoms. The number of benzene rings is 1. The van der Waals surface area contributed by atoms with E-state index in [0.29, 0.717) is 12.8 Å². The van der Waals surface area contributed by atoms with Crippen molar-refractivity contribution in [2.24, 2.45) is 5.92 Å². The zero-order valence-corrected chi connectivity index (χ0v) is 13.3. The standard InChI is InChI=1S/C19H19N3O2/c23-19(24)15-8-10-21(11-9-15)16-6-7-18-20-17(13-22(18)12-16)14-4-2-1-3-5-14/h1-7,12-13,15H,8-11H2,(H,23,24). The third kappa shape index (κ3) is 2.73. The molecule has 0 spiro atoms. The third-order valence-corrected chi connectivity index (χ3v) is 4.71. The molecule has 0 radical (unpaired) electrons. The molecule has 1 aromatic carbocycles. The molecule has 0 amide bonds. The molecule has 1 saturated heterocycles. The second kappa shape index (κ2) is 6.00. The maximum Gasteiger partial charge on any atom is 0.306 e. The predicted molar refractivity (Wildman–Crippen MR) is 93.2 cm³/mol. The monoisotopic (exact) mass is 321 g/mol. The summed E-state index contributed by atoms with van der Waals surface area (Å²) in [6, 6.07) is 14.2. The Bertz CT molecular complexity index is 865.